The van der Waals surface area contributed by atoms with Crippen molar-refractivity contribution < 1.29 is 55.0 Å². The van der Waals surface area contributed by atoms with E-state index in [-0.39, 0.29) is 55.5 Å². The number of allylic oxidation sites excluding steroid dienone is 2. The van der Waals surface area contributed by atoms with E-state index in [4.69, 9.17) is 9.47 Å². The number of pyridine rings is 1. The highest BCUT2D eigenvalue weighted by Gasteiger charge is 2.61. The van der Waals surface area contributed by atoms with E-state index in [2.05, 4.69) is 21.0 Å². The van der Waals surface area contributed by atoms with Crippen LogP contribution in [-0.2, 0) is 33.9 Å². The summed E-state index contributed by atoms with van der Waals surface area (Å²) in [7, 11) is -3.92. The van der Waals surface area contributed by atoms with Crippen molar-refractivity contribution in [2.75, 3.05) is 13.2 Å². The molecule has 1 saturated heterocycles. The molecule has 12 nitrogen and oxygen atoms in total. The van der Waals surface area contributed by atoms with Crippen LogP contribution in [0.1, 0.15) is 77.7 Å². The summed E-state index contributed by atoms with van der Waals surface area (Å²) in [6.45, 7) is 9.02. The largest absolute Gasteiger partial charge is 0.573 e. The van der Waals surface area contributed by atoms with E-state index in [9.17, 15) is 40.8 Å². The van der Waals surface area contributed by atoms with Gasteiger partial charge in [-0.1, -0.05) is 39.0 Å². The number of rotatable bonds is 8. The molecule has 0 unspecified atom stereocenters. The number of carbonyl (C=O) groups is 4. The maximum atomic E-state index is 14.5. The Morgan fingerprint density at radius 1 is 1.17 bits per heavy atom. The second-order valence-corrected chi connectivity index (χ2v) is 17.6. The number of fused-ring (bicyclic) bond motifs is 3. The first kappa shape index (κ1) is 39.2. The zero-order valence-corrected chi connectivity index (χ0v) is 31.1. The van der Waals surface area contributed by atoms with Crippen LogP contribution in [0.5, 0.6) is 11.6 Å². The van der Waals surface area contributed by atoms with Crippen molar-refractivity contribution >= 4 is 50.4 Å². The lowest BCUT2D eigenvalue weighted by atomic mass is 9.77. The van der Waals surface area contributed by atoms with E-state index in [1.807, 2.05) is 0 Å². The standard InChI is InChI=1S/C38H44F3N3O9S/c1-5-23-19-37(23,35(48)43-54(49,50)25-10-11-25)20-30(45)29-17-24-21-44(29)34(47)28(36(2,3)4)18-32(46)51-14-8-6-7-9-22-15-27-26(12-13-42-33(27)52-24)31(16-22)53-38(39,40)41/h5,7,9,12-13,15-16,23-25,28-29H,1,6,8,10-11,14,17-21H2,2-4H3,(H,43,48)/b9-7+/t23-,24-,28-,29+,37-/m1/s1. The number of nitrogens with one attached hydrogen (secondary N) is 1. The fraction of sp³-hybridized carbons (Fsp3) is 0.553. The molecule has 5 atom stereocenters. The van der Waals surface area contributed by atoms with Crippen molar-refractivity contribution in [2.24, 2.45) is 22.7 Å². The molecule has 6 rings (SSSR count). The number of ether oxygens (including phenoxy) is 3. The molecule has 4 bridgehead atoms. The second-order valence-electron chi connectivity index (χ2n) is 15.7. The van der Waals surface area contributed by atoms with Crippen LogP contribution in [0.25, 0.3) is 16.8 Å². The maximum Gasteiger partial charge on any atom is 0.573 e. The third-order valence-electron chi connectivity index (χ3n) is 10.6. The Bertz CT molecular complexity index is 1990. The number of ketones is 1. The number of hydrogen-bond acceptors (Lipinski definition) is 10. The zero-order chi connectivity index (χ0) is 39.2. The molecule has 2 saturated carbocycles. The van der Waals surface area contributed by atoms with Gasteiger partial charge in [0, 0.05) is 29.8 Å². The molecule has 292 valence electrons. The minimum absolute atomic E-state index is 0.0360. The van der Waals surface area contributed by atoms with E-state index in [1.54, 1.807) is 39.0 Å². The van der Waals surface area contributed by atoms with E-state index >= 15 is 0 Å². The van der Waals surface area contributed by atoms with Crippen LogP contribution >= 0.6 is 0 Å². The van der Waals surface area contributed by atoms with Gasteiger partial charge in [0.05, 0.1) is 42.2 Å². The van der Waals surface area contributed by atoms with Crippen LogP contribution in [-0.4, -0.2) is 78.8 Å². The number of benzene rings is 1. The minimum atomic E-state index is -5.00. The smallest absolute Gasteiger partial charge is 0.472 e. The van der Waals surface area contributed by atoms with Crippen molar-refractivity contribution in [3.05, 3.63) is 48.7 Å². The Morgan fingerprint density at radius 2 is 1.91 bits per heavy atom. The number of halogens is 3. The third-order valence-corrected chi connectivity index (χ3v) is 12.4. The Labute approximate surface area is 311 Å². The van der Waals surface area contributed by atoms with Gasteiger partial charge in [-0.25, -0.2) is 13.4 Å². The molecule has 2 amide bonds. The molecule has 0 radical (unpaired) electrons. The van der Waals surface area contributed by atoms with Gasteiger partial charge >= 0.3 is 12.3 Å². The number of nitrogens with zero attached hydrogens (tertiary/aromatic N) is 2. The van der Waals surface area contributed by atoms with Crippen molar-refractivity contribution in [3.63, 3.8) is 0 Å². The lowest BCUT2D eigenvalue weighted by molar-refractivity contribution is -0.274. The molecule has 2 aliphatic carbocycles. The van der Waals surface area contributed by atoms with Gasteiger partial charge < -0.3 is 19.1 Å². The monoisotopic (exact) mass is 775 g/mol. The fourth-order valence-corrected chi connectivity index (χ4v) is 8.72. The predicted octanol–water partition coefficient (Wildman–Crippen LogP) is 5.64. The average molecular weight is 776 g/mol. The maximum absolute atomic E-state index is 14.5. The number of sulfonamides is 1. The number of hydrogen-bond donors (Lipinski definition) is 1. The first-order chi connectivity index (χ1) is 25.3. The summed E-state index contributed by atoms with van der Waals surface area (Å²) in [5.74, 6) is -4.39. The molecule has 16 heteroatoms. The van der Waals surface area contributed by atoms with Crippen LogP contribution in [0.4, 0.5) is 13.2 Å². The quantitative estimate of drug-likeness (QED) is 0.263. The van der Waals surface area contributed by atoms with Crippen LogP contribution in [0.2, 0.25) is 0 Å². The lowest BCUT2D eigenvalue weighted by Crippen LogP contribution is -2.48. The van der Waals surface area contributed by atoms with Gasteiger partial charge in [-0.05, 0) is 67.2 Å². The summed E-state index contributed by atoms with van der Waals surface area (Å²) in [6.07, 6.45) is 1.37. The van der Waals surface area contributed by atoms with Gasteiger partial charge in [0.15, 0.2) is 5.78 Å². The predicted molar refractivity (Wildman–Crippen MR) is 190 cm³/mol. The number of aromatic nitrogens is 1. The van der Waals surface area contributed by atoms with E-state index < -0.39 is 85.8 Å². The summed E-state index contributed by atoms with van der Waals surface area (Å²) in [5, 5.41) is -0.393. The van der Waals surface area contributed by atoms with Crippen LogP contribution in [0.3, 0.4) is 0 Å². The van der Waals surface area contributed by atoms with Gasteiger partial charge in [-0.2, -0.15) is 0 Å². The molecule has 1 aromatic carbocycles. The number of carbonyl (C=O) groups excluding carboxylic acids is 4. The molecule has 2 aliphatic heterocycles. The Kier molecular flexibility index (Phi) is 10.6. The molecule has 2 aromatic rings. The summed E-state index contributed by atoms with van der Waals surface area (Å²) in [4.78, 5) is 61.1. The molecule has 3 heterocycles. The summed E-state index contributed by atoms with van der Waals surface area (Å²) in [6, 6.07) is 3.04. The van der Waals surface area contributed by atoms with Gasteiger partial charge in [0.25, 0.3) is 0 Å². The highest BCUT2D eigenvalue weighted by Crippen LogP contribution is 2.57. The molecule has 3 fully saturated rings. The Hall–Kier alpha value is -4.47. The fourth-order valence-electron chi connectivity index (χ4n) is 7.34. The highest BCUT2D eigenvalue weighted by molar-refractivity contribution is 7.90. The van der Waals surface area contributed by atoms with Crippen molar-refractivity contribution in [1.82, 2.24) is 14.6 Å². The van der Waals surface area contributed by atoms with Gasteiger partial charge in [-0.15, -0.1) is 19.8 Å². The number of amides is 2. The van der Waals surface area contributed by atoms with E-state index in [0.717, 1.165) is 0 Å². The van der Waals surface area contributed by atoms with Crippen LogP contribution in [0, 0.1) is 22.7 Å². The van der Waals surface area contributed by atoms with Crippen molar-refractivity contribution in [1.29, 1.82) is 0 Å². The van der Waals surface area contributed by atoms with E-state index in [0.29, 0.717) is 31.2 Å². The number of alkyl halides is 3. The Balaban J connectivity index is 1.37. The molecule has 54 heavy (non-hydrogen) atoms. The zero-order valence-electron chi connectivity index (χ0n) is 30.3. The molecular weight excluding hydrogens is 731 g/mol. The average Bonchev–Trinajstić information content (AvgIpc) is 4.00. The summed E-state index contributed by atoms with van der Waals surface area (Å²) < 4.78 is 84.3. The summed E-state index contributed by atoms with van der Waals surface area (Å²) >= 11 is 0. The minimum Gasteiger partial charge on any atom is -0.472 e. The van der Waals surface area contributed by atoms with Gasteiger partial charge in [-0.3, -0.25) is 23.9 Å². The molecular formula is C38H44F3N3O9S. The second kappa shape index (κ2) is 14.6. The highest BCUT2D eigenvalue weighted by atomic mass is 32.2. The number of Topliss-reactive ketones (excluding diaryl/α,β-unsaturated/α-hetero) is 1. The van der Waals surface area contributed by atoms with Gasteiger partial charge in [0.2, 0.25) is 27.7 Å². The Morgan fingerprint density at radius 3 is 2.56 bits per heavy atom. The topological polar surface area (TPSA) is 158 Å². The molecule has 1 N–H and O–H groups in total. The van der Waals surface area contributed by atoms with Gasteiger partial charge in [0.1, 0.15) is 11.9 Å². The molecule has 1 aromatic heterocycles. The third kappa shape index (κ3) is 8.58. The van der Waals surface area contributed by atoms with E-state index in [1.165, 1.54) is 29.3 Å². The first-order valence-electron chi connectivity index (χ1n) is 18.0. The van der Waals surface area contributed by atoms with Crippen LogP contribution < -0.4 is 14.2 Å². The summed E-state index contributed by atoms with van der Waals surface area (Å²) in [5.41, 5.74) is -1.79. The normalized spacial score (nSPS) is 27.3. The molecule has 4 aliphatic rings. The molecule has 0 spiro atoms. The van der Waals surface area contributed by atoms with Crippen molar-refractivity contribution in [3.8, 4) is 11.6 Å². The lowest BCUT2D eigenvalue weighted by Gasteiger charge is -2.34. The van der Waals surface area contributed by atoms with Crippen LogP contribution in [0.15, 0.2) is 43.1 Å². The number of cyclic esters (lactones) is 1. The first-order valence-corrected chi connectivity index (χ1v) is 19.5. The number of esters is 1. The SMILES string of the molecule is C=C[C@@H]1C[C@]1(CC(=O)[C@@H]1C[C@@H]2CN1C(=O)[C@H](C(C)(C)C)CC(=O)OCCC/C=C/c1cc(OC(F)(F)F)c3ccnc(c3c1)O2)C(=O)NS(=O)(=O)C1CC1. The van der Waals surface area contributed by atoms with Crippen molar-refractivity contribution in [2.45, 2.75) is 95.9 Å².